The molecule has 2 saturated heterocycles. The number of para-hydroxylation sites is 1. The quantitative estimate of drug-likeness (QED) is 0.868. The Labute approximate surface area is 160 Å². The van der Waals surface area contributed by atoms with Gasteiger partial charge in [0.1, 0.15) is 0 Å². The van der Waals surface area contributed by atoms with Gasteiger partial charge in [0.2, 0.25) is 5.95 Å². The van der Waals surface area contributed by atoms with Crippen LogP contribution in [0.5, 0.6) is 0 Å². The number of ether oxygens (including phenoxy) is 2. The first-order valence-corrected chi connectivity index (χ1v) is 9.83. The van der Waals surface area contributed by atoms with E-state index in [1.807, 2.05) is 0 Å². The highest BCUT2D eigenvalue weighted by molar-refractivity contribution is 5.65. The first-order valence-electron chi connectivity index (χ1n) is 9.83. The van der Waals surface area contributed by atoms with Crippen molar-refractivity contribution in [1.29, 1.82) is 0 Å². The molecule has 27 heavy (non-hydrogen) atoms. The normalized spacial score (nSPS) is 18.8. The molecular weight excluding hydrogens is 342 g/mol. The molecule has 3 heterocycles. The van der Waals surface area contributed by atoms with E-state index in [4.69, 9.17) is 14.5 Å². The van der Waals surface area contributed by atoms with Gasteiger partial charge in [-0.05, 0) is 24.0 Å². The first kappa shape index (κ1) is 18.1. The van der Waals surface area contributed by atoms with E-state index in [-0.39, 0.29) is 0 Å². The summed E-state index contributed by atoms with van der Waals surface area (Å²) in [5, 5.41) is 11.9. The van der Waals surface area contributed by atoms with Crippen molar-refractivity contribution >= 4 is 17.5 Å². The highest BCUT2D eigenvalue weighted by Crippen LogP contribution is 2.32. The van der Waals surface area contributed by atoms with E-state index in [2.05, 4.69) is 52.5 Å². The lowest BCUT2D eigenvalue weighted by Gasteiger charge is -2.37. The van der Waals surface area contributed by atoms with E-state index in [0.29, 0.717) is 19.2 Å². The van der Waals surface area contributed by atoms with Crippen LogP contribution in [0, 0.1) is 0 Å². The molecule has 2 aliphatic heterocycles. The van der Waals surface area contributed by atoms with E-state index in [0.717, 1.165) is 50.3 Å². The van der Waals surface area contributed by atoms with Crippen LogP contribution in [0.4, 0.5) is 17.5 Å². The summed E-state index contributed by atoms with van der Waals surface area (Å²) in [4.78, 5) is 6.87. The maximum atomic E-state index is 5.80. The predicted octanol–water partition coefficient (Wildman–Crippen LogP) is 3.08. The number of rotatable bonds is 5. The maximum absolute atomic E-state index is 5.80. The Morgan fingerprint density at radius 1 is 1.07 bits per heavy atom. The number of hydrogen-bond donors (Lipinski definition) is 1. The van der Waals surface area contributed by atoms with Crippen LogP contribution in [-0.2, 0) is 22.3 Å². The molecule has 144 valence electrons. The predicted molar refractivity (Wildman–Crippen MR) is 104 cm³/mol. The number of piperidine rings is 1. The summed E-state index contributed by atoms with van der Waals surface area (Å²) in [5.74, 6) is 0.986. The molecule has 7 heteroatoms. The fourth-order valence-electron chi connectivity index (χ4n) is 3.85. The van der Waals surface area contributed by atoms with Crippen LogP contribution in [0.1, 0.15) is 37.8 Å². The summed E-state index contributed by atoms with van der Waals surface area (Å²) in [5.41, 5.74) is 3.70. The van der Waals surface area contributed by atoms with Gasteiger partial charge in [0.05, 0.1) is 19.4 Å². The maximum Gasteiger partial charge on any atom is 0.247 e. The van der Waals surface area contributed by atoms with Gasteiger partial charge in [-0.2, -0.15) is 10.1 Å². The van der Waals surface area contributed by atoms with Crippen LogP contribution in [-0.4, -0.2) is 47.3 Å². The minimum absolute atomic E-state index is 0.393. The van der Waals surface area contributed by atoms with E-state index < -0.39 is 5.79 Å². The minimum atomic E-state index is -0.393. The van der Waals surface area contributed by atoms with Crippen molar-refractivity contribution in [3.63, 3.8) is 0 Å². The van der Waals surface area contributed by atoms with Crippen molar-refractivity contribution in [1.82, 2.24) is 15.2 Å². The van der Waals surface area contributed by atoms with Crippen molar-refractivity contribution in [2.45, 2.75) is 45.3 Å². The summed E-state index contributed by atoms with van der Waals surface area (Å²) in [7, 11) is 0. The van der Waals surface area contributed by atoms with Crippen molar-refractivity contribution in [3.8, 4) is 0 Å². The summed E-state index contributed by atoms with van der Waals surface area (Å²) in [6, 6.07) is 6.43. The van der Waals surface area contributed by atoms with Crippen LogP contribution in [0.15, 0.2) is 24.4 Å². The van der Waals surface area contributed by atoms with Crippen LogP contribution in [0.25, 0.3) is 0 Å². The Kier molecular flexibility index (Phi) is 5.22. The number of aryl methyl sites for hydroxylation is 2. The number of hydrogen-bond acceptors (Lipinski definition) is 7. The molecule has 0 unspecified atom stereocenters. The average Bonchev–Trinajstić information content (AvgIpc) is 3.17. The monoisotopic (exact) mass is 369 g/mol. The molecule has 1 aromatic heterocycles. The topological polar surface area (TPSA) is 72.4 Å². The van der Waals surface area contributed by atoms with Crippen molar-refractivity contribution < 1.29 is 9.47 Å². The Balaban J connectivity index is 1.51. The number of benzene rings is 1. The Bertz CT molecular complexity index is 759. The van der Waals surface area contributed by atoms with Crippen molar-refractivity contribution in [2.24, 2.45) is 0 Å². The van der Waals surface area contributed by atoms with Gasteiger partial charge < -0.3 is 19.7 Å². The molecule has 0 bridgehead atoms. The molecule has 0 atom stereocenters. The molecule has 1 aromatic carbocycles. The molecule has 2 fully saturated rings. The van der Waals surface area contributed by atoms with E-state index in [9.17, 15) is 0 Å². The number of nitrogens with one attached hydrogen (secondary N) is 1. The molecule has 0 radical (unpaired) electrons. The van der Waals surface area contributed by atoms with Crippen LogP contribution >= 0.6 is 0 Å². The third-order valence-electron chi connectivity index (χ3n) is 5.42. The van der Waals surface area contributed by atoms with Crippen LogP contribution < -0.4 is 10.2 Å². The van der Waals surface area contributed by atoms with Crippen molar-refractivity contribution in [2.75, 3.05) is 36.5 Å². The Hall–Kier alpha value is -2.25. The summed E-state index contributed by atoms with van der Waals surface area (Å²) in [6.07, 6.45) is 5.27. The summed E-state index contributed by atoms with van der Waals surface area (Å²) < 4.78 is 11.6. The molecule has 7 nitrogen and oxygen atoms in total. The highest BCUT2D eigenvalue weighted by atomic mass is 16.7. The molecule has 1 N–H and O–H groups in total. The molecule has 2 aromatic rings. The molecular formula is C20H27N5O2. The largest absolute Gasteiger partial charge is 0.347 e. The standard InChI is InChI=1S/C20H27N5O2/c1-3-15-6-5-7-16(4-2)18(15)22-17-14-21-24-19(23-17)25-10-8-20(9-11-25)26-12-13-27-20/h5-7,14H,3-4,8-13H2,1-2H3,(H,22,23,24). The SMILES string of the molecule is CCc1cccc(CC)c1Nc1cnnc(N2CCC3(CC2)OCCO3)n1. The van der Waals surface area contributed by atoms with Gasteiger partial charge in [0.15, 0.2) is 11.6 Å². The van der Waals surface area contributed by atoms with Crippen LogP contribution in [0.3, 0.4) is 0 Å². The van der Waals surface area contributed by atoms with Crippen LogP contribution in [0.2, 0.25) is 0 Å². The molecule has 1 spiro atoms. The minimum Gasteiger partial charge on any atom is -0.347 e. The number of anilines is 3. The molecule has 4 rings (SSSR count). The zero-order valence-electron chi connectivity index (χ0n) is 16.1. The van der Waals surface area contributed by atoms with E-state index in [1.165, 1.54) is 11.1 Å². The molecule has 0 saturated carbocycles. The second-order valence-electron chi connectivity index (χ2n) is 7.02. The van der Waals surface area contributed by atoms with Gasteiger partial charge in [-0.25, -0.2) is 0 Å². The summed E-state index contributed by atoms with van der Waals surface area (Å²) in [6.45, 7) is 7.32. The Morgan fingerprint density at radius 2 is 1.74 bits per heavy atom. The number of aromatic nitrogens is 3. The third kappa shape index (κ3) is 3.75. The van der Waals surface area contributed by atoms with Gasteiger partial charge in [0.25, 0.3) is 0 Å². The molecule has 2 aliphatic rings. The second-order valence-corrected chi connectivity index (χ2v) is 7.02. The zero-order valence-corrected chi connectivity index (χ0v) is 16.1. The third-order valence-corrected chi connectivity index (χ3v) is 5.42. The fraction of sp³-hybridized carbons (Fsp3) is 0.550. The van der Waals surface area contributed by atoms with E-state index >= 15 is 0 Å². The van der Waals surface area contributed by atoms with Gasteiger partial charge in [-0.1, -0.05) is 32.0 Å². The lowest BCUT2D eigenvalue weighted by molar-refractivity contribution is -0.169. The van der Waals surface area contributed by atoms with Crippen molar-refractivity contribution in [3.05, 3.63) is 35.5 Å². The lowest BCUT2D eigenvalue weighted by atomic mass is 10.0. The van der Waals surface area contributed by atoms with Gasteiger partial charge >= 0.3 is 0 Å². The average molecular weight is 369 g/mol. The van der Waals surface area contributed by atoms with E-state index in [1.54, 1.807) is 6.20 Å². The highest BCUT2D eigenvalue weighted by Gasteiger charge is 2.40. The molecule has 0 aliphatic carbocycles. The second kappa shape index (κ2) is 7.78. The zero-order chi connectivity index (χ0) is 18.7. The van der Waals surface area contributed by atoms with Gasteiger partial charge in [0, 0.05) is 31.6 Å². The van der Waals surface area contributed by atoms with Gasteiger partial charge in [-0.15, -0.1) is 5.10 Å². The number of nitrogens with zero attached hydrogens (tertiary/aromatic N) is 4. The first-order chi connectivity index (χ1) is 13.2. The smallest absolute Gasteiger partial charge is 0.247 e. The summed E-state index contributed by atoms with van der Waals surface area (Å²) >= 11 is 0. The Morgan fingerprint density at radius 3 is 2.37 bits per heavy atom. The molecule has 0 amide bonds. The lowest BCUT2D eigenvalue weighted by Crippen LogP contribution is -2.45. The fourth-order valence-corrected chi connectivity index (χ4v) is 3.85. The van der Waals surface area contributed by atoms with Gasteiger partial charge in [-0.3, -0.25) is 0 Å².